The predicted octanol–water partition coefficient (Wildman–Crippen LogP) is 2.97. The second-order valence-corrected chi connectivity index (χ2v) is 8.65. The minimum atomic E-state index is -0.901. The van der Waals surface area contributed by atoms with Gasteiger partial charge < -0.3 is 20.1 Å². The average Bonchev–Trinajstić information content (AvgIpc) is 2.51. The van der Waals surface area contributed by atoms with Gasteiger partial charge in [0, 0.05) is 6.42 Å². The molecule has 2 atom stereocenters. The molecule has 2 N–H and O–H groups in total. The molecule has 0 aliphatic carbocycles. The first-order chi connectivity index (χ1) is 12.8. The summed E-state index contributed by atoms with van der Waals surface area (Å²) < 4.78 is 10.5. The number of amides is 2. The molecule has 7 nitrogen and oxygen atoms in total. The van der Waals surface area contributed by atoms with E-state index in [0.717, 1.165) is 5.56 Å². The van der Waals surface area contributed by atoms with Gasteiger partial charge in [-0.2, -0.15) is 0 Å². The quantitative estimate of drug-likeness (QED) is 0.726. The molecule has 2 amide bonds. The maximum atomic E-state index is 12.7. The number of carbonyl (C=O) groups excluding carboxylic acids is 3. The zero-order chi connectivity index (χ0) is 21.5. The van der Waals surface area contributed by atoms with Gasteiger partial charge in [0.05, 0.1) is 0 Å². The van der Waals surface area contributed by atoms with Gasteiger partial charge in [0.25, 0.3) is 0 Å². The summed E-state index contributed by atoms with van der Waals surface area (Å²) in [5, 5.41) is 5.20. The van der Waals surface area contributed by atoms with Gasteiger partial charge in [-0.15, -0.1) is 0 Å². The highest BCUT2D eigenvalue weighted by Gasteiger charge is 2.28. The number of esters is 1. The Morgan fingerprint density at radius 2 is 1.43 bits per heavy atom. The molecule has 7 heteroatoms. The Labute approximate surface area is 167 Å². The van der Waals surface area contributed by atoms with E-state index in [1.54, 1.807) is 48.5 Å². The van der Waals surface area contributed by atoms with Gasteiger partial charge in [0.2, 0.25) is 5.91 Å². The van der Waals surface area contributed by atoms with E-state index in [4.69, 9.17) is 9.47 Å². The Hall–Kier alpha value is -2.57. The van der Waals surface area contributed by atoms with Crippen molar-refractivity contribution in [2.75, 3.05) is 0 Å². The van der Waals surface area contributed by atoms with E-state index in [0.29, 0.717) is 0 Å². The van der Waals surface area contributed by atoms with Crippen LogP contribution in [-0.2, 0) is 25.5 Å². The van der Waals surface area contributed by atoms with E-state index >= 15 is 0 Å². The topological polar surface area (TPSA) is 93.7 Å². The van der Waals surface area contributed by atoms with Crippen LogP contribution in [0.4, 0.5) is 4.79 Å². The van der Waals surface area contributed by atoms with Crippen LogP contribution in [0.15, 0.2) is 30.3 Å². The largest absolute Gasteiger partial charge is 0.458 e. The maximum absolute atomic E-state index is 12.7. The standard InChI is InChI=1S/C21H32N2O5/c1-14(18(25)27-20(2,3)4)22-17(24)16(13-15-11-9-8-10-12-15)23-19(26)28-21(5,6)7/h8-12,14,16H,13H2,1-7H3,(H,22,24)(H,23,26)/t14-,16-/m0/s1. The van der Waals surface area contributed by atoms with Crippen LogP contribution in [0, 0.1) is 0 Å². The number of hydrogen-bond donors (Lipinski definition) is 2. The van der Waals surface area contributed by atoms with Gasteiger partial charge in [0.15, 0.2) is 0 Å². The van der Waals surface area contributed by atoms with Gasteiger partial charge in [-0.05, 0) is 54.0 Å². The van der Waals surface area contributed by atoms with Crippen LogP contribution < -0.4 is 10.6 Å². The molecule has 0 aromatic heterocycles. The molecule has 1 rings (SSSR count). The molecule has 28 heavy (non-hydrogen) atoms. The molecule has 0 radical (unpaired) electrons. The molecule has 0 fully saturated rings. The molecule has 0 spiro atoms. The first kappa shape index (κ1) is 23.5. The summed E-state index contributed by atoms with van der Waals surface area (Å²) in [6.45, 7) is 12.0. The van der Waals surface area contributed by atoms with Crippen molar-refractivity contribution >= 4 is 18.0 Å². The van der Waals surface area contributed by atoms with E-state index in [2.05, 4.69) is 10.6 Å². The third kappa shape index (κ3) is 9.39. The molecule has 0 bridgehead atoms. The fourth-order valence-electron chi connectivity index (χ4n) is 2.27. The molecular weight excluding hydrogens is 360 g/mol. The van der Waals surface area contributed by atoms with Crippen LogP contribution in [0.1, 0.15) is 54.0 Å². The van der Waals surface area contributed by atoms with Crippen molar-refractivity contribution in [2.24, 2.45) is 0 Å². The third-order valence-electron chi connectivity index (χ3n) is 3.41. The van der Waals surface area contributed by atoms with Crippen molar-refractivity contribution in [1.82, 2.24) is 10.6 Å². The van der Waals surface area contributed by atoms with Crippen molar-refractivity contribution in [1.29, 1.82) is 0 Å². The molecule has 0 unspecified atom stereocenters. The van der Waals surface area contributed by atoms with Crippen molar-refractivity contribution in [3.8, 4) is 0 Å². The highest BCUT2D eigenvalue weighted by atomic mass is 16.6. The van der Waals surface area contributed by atoms with E-state index < -0.39 is 41.3 Å². The summed E-state index contributed by atoms with van der Waals surface area (Å²) >= 11 is 0. The lowest BCUT2D eigenvalue weighted by atomic mass is 10.1. The minimum absolute atomic E-state index is 0.257. The Kier molecular flexibility index (Phi) is 8.02. The molecule has 0 heterocycles. The minimum Gasteiger partial charge on any atom is -0.458 e. The van der Waals surface area contributed by atoms with Crippen LogP contribution >= 0.6 is 0 Å². The van der Waals surface area contributed by atoms with Crippen molar-refractivity contribution in [2.45, 2.75) is 78.2 Å². The Morgan fingerprint density at radius 3 is 1.93 bits per heavy atom. The molecular formula is C21H32N2O5. The lowest BCUT2D eigenvalue weighted by Gasteiger charge is -2.25. The number of carbonyl (C=O) groups is 3. The number of nitrogens with one attached hydrogen (secondary N) is 2. The number of alkyl carbamates (subject to hydrolysis) is 1. The lowest BCUT2D eigenvalue weighted by molar-refractivity contribution is -0.158. The summed E-state index contributed by atoms with van der Waals surface area (Å²) in [7, 11) is 0. The highest BCUT2D eigenvalue weighted by molar-refractivity contribution is 5.89. The molecule has 0 saturated carbocycles. The lowest BCUT2D eigenvalue weighted by Crippen LogP contribution is -2.53. The first-order valence-corrected chi connectivity index (χ1v) is 9.33. The summed E-state index contributed by atoms with van der Waals surface area (Å²) in [6, 6.07) is 7.52. The van der Waals surface area contributed by atoms with Gasteiger partial charge in [-0.1, -0.05) is 30.3 Å². The summed E-state index contributed by atoms with van der Waals surface area (Å²) in [6.07, 6.45) is -0.444. The number of ether oxygens (including phenoxy) is 2. The van der Waals surface area contributed by atoms with Crippen LogP contribution in [0.3, 0.4) is 0 Å². The Bertz CT molecular complexity index is 674. The smallest absolute Gasteiger partial charge is 0.408 e. The number of benzene rings is 1. The number of rotatable bonds is 6. The molecule has 0 aliphatic heterocycles. The Morgan fingerprint density at radius 1 is 0.893 bits per heavy atom. The summed E-state index contributed by atoms with van der Waals surface area (Å²) in [5.41, 5.74) is -0.487. The van der Waals surface area contributed by atoms with E-state index in [-0.39, 0.29) is 6.42 Å². The van der Waals surface area contributed by atoms with Crippen LogP contribution in [0.2, 0.25) is 0 Å². The monoisotopic (exact) mass is 392 g/mol. The zero-order valence-electron chi connectivity index (χ0n) is 17.8. The normalized spacial score (nSPS) is 13.8. The van der Waals surface area contributed by atoms with Crippen molar-refractivity contribution < 1.29 is 23.9 Å². The highest BCUT2D eigenvalue weighted by Crippen LogP contribution is 2.10. The van der Waals surface area contributed by atoms with Gasteiger partial charge >= 0.3 is 12.1 Å². The maximum Gasteiger partial charge on any atom is 0.408 e. The summed E-state index contributed by atoms with van der Waals surface area (Å²) in [4.78, 5) is 37.0. The fourth-order valence-corrected chi connectivity index (χ4v) is 2.27. The van der Waals surface area contributed by atoms with Gasteiger partial charge in [0.1, 0.15) is 23.3 Å². The van der Waals surface area contributed by atoms with Crippen LogP contribution in [-0.4, -0.2) is 41.3 Å². The molecule has 0 aliphatic rings. The van der Waals surface area contributed by atoms with Gasteiger partial charge in [-0.25, -0.2) is 9.59 Å². The van der Waals surface area contributed by atoms with Crippen molar-refractivity contribution in [3.63, 3.8) is 0 Å². The first-order valence-electron chi connectivity index (χ1n) is 9.33. The van der Waals surface area contributed by atoms with Crippen LogP contribution in [0.25, 0.3) is 0 Å². The van der Waals surface area contributed by atoms with Gasteiger partial charge in [-0.3, -0.25) is 4.79 Å². The van der Waals surface area contributed by atoms with Crippen LogP contribution in [0.5, 0.6) is 0 Å². The summed E-state index contributed by atoms with van der Waals surface area (Å²) in [5.74, 6) is -1.04. The predicted molar refractivity (Wildman–Crippen MR) is 107 cm³/mol. The second kappa shape index (κ2) is 9.57. The molecule has 0 saturated heterocycles. The molecule has 1 aromatic carbocycles. The molecule has 156 valence electrons. The van der Waals surface area contributed by atoms with E-state index in [9.17, 15) is 14.4 Å². The molecule has 1 aromatic rings. The third-order valence-corrected chi connectivity index (χ3v) is 3.41. The second-order valence-electron chi connectivity index (χ2n) is 8.65. The average molecular weight is 392 g/mol. The fraction of sp³-hybridized carbons (Fsp3) is 0.571. The van der Waals surface area contributed by atoms with Crippen molar-refractivity contribution in [3.05, 3.63) is 35.9 Å². The Balaban J connectivity index is 2.86. The SMILES string of the molecule is C[C@H](NC(=O)[C@H](Cc1ccccc1)NC(=O)OC(C)(C)C)C(=O)OC(C)(C)C. The van der Waals surface area contributed by atoms with E-state index in [1.807, 2.05) is 30.3 Å². The van der Waals surface area contributed by atoms with E-state index in [1.165, 1.54) is 0 Å². The zero-order valence-corrected chi connectivity index (χ0v) is 17.8. The number of hydrogen-bond acceptors (Lipinski definition) is 5.